The number of aliphatic hydroxyl groups is 1. The average Bonchev–Trinajstić information content (AvgIpc) is 2.84. The third-order valence-corrected chi connectivity index (χ3v) is 5.66. The molecule has 22 heavy (non-hydrogen) atoms. The van der Waals surface area contributed by atoms with Gasteiger partial charge >= 0.3 is 0 Å². The standard InChI is InChI=1S/C16H23N3O2S/c1-12-7-15-16(8-13(12)2)19(11-17-15)10-14(20)9-18-3-5-22(21)6-4-18/h7-8,11,14,20H,3-6,9-10H2,1-2H3/t14-/m1/s1. The van der Waals surface area contributed by atoms with E-state index in [-0.39, 0.29) is 0 Å². The molecule has 1 aromatic carbocycles. The van der Waals surface area contributed by atoms with Crippen molar-refractivity contribution in [1.82, 2.24) is 14.5 Å². The number of hydrogen-bond acceptors (Lipinski definition) is 4. The molecular weight excluding hydrogens is 298 g/mol. The topological polar surface area (TPSA) is 58.4 Å². The highest BCUT2D eigenvalue weighted by atomic mass is 32.2. The summed E-state index contributed by atoms with van der Waals surface area (Å²) < 4.78 is 13.4. The summed E-state index contributed by atoms with van der Waals surface area (Å²) in [4.78, 5) is 6.62. The number of hydrogen-bond donors (Lipinski definition) is 1. The zero-order chi connectivity index (χ0) is 15.7. The molecule has 0 unspecified atom stereocenters. The van der Waals surface area contributed by atoms with Crippen molar-refractivity contribution >= 4 is 21.8 Å². The van der Waals surface area contributed by atoms with Gasteiger partial charge in [0.2, 0.25) is 0 Å². The van der Waals surface area contributed by atoms with Crippen LogP contribution in [0.5, 0.6) is 0 Å². The molecule has 5 nitrogen and oxygen atoms in total. The monoisotopic (exact) mass is 321 g/mol. The number of fused-ring (bicyclic) bond motifs is 1. The normalized spacial score (nSPS) is 18.9. The maximum atomic E-state index is 11.4. The zero-order valence-electron chi connectivity index (χ0n) is 13.2. The summed E-state index contributed by atoms with van der Waals surface area (Å²) in [5.41, 5.74) is 4.52. The summed E-state index contributed by atoms with van der Waals surface area (Å²) in [7, 11) is -0.669. The highest BCUT2D eigenvalue weighted by molar-refractivity contribution is 7.85. The Morgan fingerprint density at radius 3 is 2.64 bits per heavy atom. The molecule has 120 valence electrons. The Morgan fingerprint density at radius 1 is 1.23 bits per heavy atom. The molecule has 3 rings (SSSR count). The van der Waals surface area contributed by atoms with E-state index in [1.165, 1.54) is 11.1 Å². The number of imidazole rings is 1. The number of aryl methyl sites for hydroxylation is 2. The molecule has 1 fully saturated rings. The van der Waals surface area contributed by atoms with Gasteiger partial charge in [-0.2, -0.15) is 0 Å². The van der Waals surface area contributed by atoms with Gasteiger partial charge in [0.15, 0.2) is 0 Å². The first-order chi connectivity index (χ1) is 10.5. The van der Waals surface area contributed by atoms with Gasteiger partial charge in [0.05, 0.1) is 30.0 Å². The van der Waals surface area contributed by atoms with Crippen LogP contribution < -0.4 is 0 Å². The average molecular weight is 321 g/mol. The molecule has 0 bridgehead atoms. The minimum Gasteiger partial charge on any atom is -0.390 e. The van der Waals surface area contributed by atoms with Gasteiger partial charge in [0.25, 0.3) is 0 Å². The van der Waals surface area contributed by atoms with Crippen molar-refractivity contribution < 1.29 is 9.32 Å². The van der Waals surface area contributed by atoms with Gasteiger partial charge in [-0.25, -0.2) is 4.98 Å². The molecule has 0 radical (unpaired) electrons. The van der Waals surface area contributed by atoms with Gasteiger partial charge in [-0.1, -0.05) is 0 Å². The lowest BCUT2D eigenvalue weighted by Gasteiger charge is -2.28. The van der Waals surface area contributed by atoms with Crippen LogP contribution in [0.3, 0.4) is 0 Å². The first-order valence-corrected chi connectivity index (χ1v) is 9.19. The Labute approximate surface area is 133 Å². The predicted octanol–water partition coefficient (Wildman–Crippen LogP) is 1.08. The molecule has 0 spiro atoms. The molecule has 0 saturated carbocycles. The number of aliphatic hydroxyl groups excluding tert-OH is 1. The van der Waals surface area contributed by atoms with Crippen molar-refractivity contribution in [2.24, 2.45) is 0 Å². The molecule has 2 heterocycles. The first-order valence-electron chi connectivity index (χ1n) is 7.70. The van der Waals surface area contributed by atoms with Gasteiger partial charge in [0, 0.05) is 41.9 Å². The summed E-state index contributed by atoms with van der Waals surface area (Å²) in [6.45, 7) is 6.97. The molecule has 1 saturated heterocycles. The third kappa shape index (κ3) is 3.39. The number of aromatic nitrogens is 2. The van der Waals surface area contributed by atoms with E-state index in [1.807, 2.05) is 4.57 Å². The Kier molecular flexibility index (Phi) is 4.61. The maximum absolute atomic E-state index is 11.4. The van der Waals surface area contributed by atoms with E-state index < -0.39 is 16.9 Å². The zero-order valence-corrected chi connectivity index (χ0v) is 14.0. The maximum Gasteiger partial charge on any atom is 0.0959 e. The van der Waals surface area contributed by atoms with Crippen LogP contribution in [0.25, 0.3) is 11.0 Å². The number of β-amino-alcohol motifs (C(OH)–C–C–N with tert-alkyl or cyclic N) is 1. The van der Waals surface area contributed by atoms with Gasteiger partial charge in [-0.3, -0.25) is 9.11 Å². The number of nitrogens with zero attached hydrogens (tertiary/aromatic N) is 3. The number of rotatable bonds is 4. The van der Waals surface area contributed by atoms with Crippen LogP contribution in [0.2, 0.25) is 0 Å². The Hall–Kier alpha value is -1.24. The van der Waals surface area contributed by atoms with E-state index in [4.69, 9.17) is 0 Å². The lowest BCUT2D eigenvalue weighted by Crippen LogP contribution is -2.42. The van der Waals surface area contributed by atoms with E-state index in [0.717, 1.165) is 35.6 Å². The van der Waals surface area contributed by atoms with E-state index in [2.05, 4.69) is 35.9 Å². The summed E-state index contributed by atoms with van der Waals surface area (Å²) in [6.07, 6.45) is 1.36. The Balaban J connectivity index is 1.67. The fourth-order valence-electron chi connectivity index (χ4n) is 2.90. The summed E-state index contributed by atoms with van der Waals surface area (Å²) >= 11 is 0. The lowest BCUT2D eigenvalue weighted by molar-refractivity contribution is 0.103. The number of benzene rings is 1. The minimum absolute atomic E-state index is 0.439. The third-order valence-electron chi connectivity index (χ3n) is 4.38. The minimum atomic E-state index is -0.669. The SMILES string of the molecule is Cc1cc2ncn(C[C@H](O)CN3CCS(=O)CC3)c2cc1C. The van der Waals surface area contributed by atoms with Crippen molar-refractivity contribution in [3.63, 3.8) is 0 Å². The van der Waals surface area contributed by atoms with Crippen LogP contribution in [0.15, 0.2) is 18.5 Å². The van der Waals surface area contributed by atoms with Crippen LogP contribution in [0.4, 0.5) is 0 Å². The largest absolute Gasteiger partial charge is 0.390 e. The van der Waals surface area contributed by atoms with Gasteiger partial charge < -0.3 is 9.67 Å². The molecule has 6 heteroatoms. The smallest absolute Gasteiger partial charge is 0.0959 e. The summed E-state index contributed by atoms with van der Waals surface area (Å²) in [5.74, 6) is 1.44. The highest BCUT2D eigenvalue weighted by Gasteiger charge is 2.18. The van der Waals surface area contributed by atoms with E-state index in [9.17, 15) is 9.32 Å². The van der Waals surface area contributed by atoms with Crippen LogP contribution in [-0.2, 0) is 17.3 Å². The van der Waals surface area contributed by atoms with Crippen LogP contribution in [0, 0.1) is 13.8 Å². The second-order valence-corrected chi connectivity index (χ2v) is 7.82. The van der Waals surface area contributed by atoms with Gasteiger partial charge in [0.1, 0.15) is 0 Å². The van der Waals surface area contributed by atoms with Crippen LogP contribution in [-0.4, -0.2) is 61.0 Å². The molecule has 1 aliphatic heterocycles. The second-order valence-electron chi connectivity index (χ2n) is 6.12. The highest BCUT2D eigenvalue weighted by Crippen LogP contribution is 2.18. The summed E-state index contributed by atoms with van der Waals surface area (Å²) in [5, 5.41) is 10.4. The van der Waals surface area contributed by atoms with E-state index in [0.29, 0.717) is 13.1 Å². The molecule has 2 aromatic rings. The molecule has 1 aliphatic rings. The molecular formula is C16H23N3O2S. The fraction of sp³-hybridized carbons (Fsp3) is 0.562. The van der Waals surface area contributed by atoms with Crippen LogP contribution in [0.1, 0.15) is 11.1 Å². The quantitative estimate of drug-likeness (QED) is 0.915. The first kappa shape index (κ1) is 15.6. The van der Waals surface area contributed by atoms with Crippen molar-refractivity contribution in [2.45, 2.75) is 26.5 Å². The van der Waals surface area contributed by atoms with Crippen molar-refractivity contribution in [2.75, 3.05) is 31.1 Å². The fourth-order valence-corrected chi connectivity index (χ4v) is 4.03. The molecule has 1 atom stereocenters. The molecule has 0 amide bonds. The van der Waals surface area contributed by atoms with E-state index >= 15 is 0 Å². The van der Waals surface area contributed by atoms with Crippen LogP contribution >= 0.6 is 0 Å². The molecule has 1 N–H and O–H groups in total. The second kappa shape index (κ2) is 6.48. The van der Waals surface area contributed by atoms with Gasteiger partial charge in [-0.05, 0) is 37.1 Å². The Bertz CT molecular complexity index is 688. The molecule has 1 aromatic heterocycles. The van der Waals surface area contributed by atoms with Gasteiger partial charge in [-0.15, -0.1) is 0 Å². The lowest BCUT2D eigenvalue weighted by atomic mass is 10.1. The van der Waals surface area contributed by atoms with Crippen molar-refractivity contribution in [1.29, 1.82) is 0 Å². The predicted molar refractivity (Wildman–Crippen MR) is 89.5 cm³/mol. The summed E-state index contributed by atoms with van der Waals surface area (Å²) in [6, 6.07) is 4.22. The van der Waals surface area contributed by atoms with Crippen molar-refractivity contribution in [3.05, 3.63) is 29.6 Å². The van der Waals surface area contributed by atoms with E-state index in [1.54, 1.807) is 6.33 Å². The molecule has 0 aliphatic carbocycles. The van der Waals surface area contributed by atoms with Crippen molar-refractivity contribution in [3.8, 4) is 0 Å². The Morgan fingerprint density at radius 2 is 1.91 bits per heavy atom.